The van der Waals surface area contributed by atoms with Gasteiger partial charge in [-0.2, -0.15) is 9.49 Å². The van der Waals surface area contributed by atoms with Gasteiger partial charge in [0.1, 0.15) is 5.60 Å². The molecule has 1 aromatic rings. The second-order valence-electron chi connectivity index (χ2n) is 7.37. The van der Waals surface area contributed by atoms with E-state index in [0.717, 1.165) is 0 Å². The Hall–Kier alpha value is -1.41. The van der Waals surface area contributed by atoms with Crippen LogP contribution in [0.15, 0.2) is 6.20 Å². The molecule has 0 unspecified atom stereocenters. The molecular formula is C14H22BFN2O4. The maximum atomic E-state index is 14.5. The number of hydrogen-bond acceptors (Lipinski definition) is 5. The minimum Gasteiger partial charge on any atom is -0.442 e. The molecule has 22 heavy (non-hydrogen) atoms. The SMILES string of the molecule is CC(C)(C)OC(=O)n1ncc(B2OC(C)(C)C(C)(C)O2)c1F. The average Bonchev–Trinajstić information content (AvgIpc) is 2.75. The molecule has 0 radical (unpaired) electrons. The smallest absolute Gasteiger partial charge is 0.442 e. The van der Waals surface area contributed by atoms with Crippen molar-refractivity contribution in [1.29, 1.82) is 0 Å². The molecule has 2 heterocycles. The van der Waals surface area contributed by atoms with E-state index in [1.165, 1.54) is 6.20 Å². The number of ether oxygens (including phenoxy) is 1. The van der Waals surface area contributed by atoms with E-state index in [-0.39, 0.29) is 5.46 Å². The van der Waals surface area contributed by atoms with E-state index in [2.05, 4.69) is 5.10 Å². The van der Waals surface area contributed by atoms with E-state index in [9.17, 15) is 9.18 Å². The first-order valence-electron chi connectivity index (χ1n) is 7.16. The molecule has 122 valence electrons. The fourth-order valence-electron chi connectivity index (χ4n) is 1.91. The lowest BCUT2D eigenvalue weighted by Gasteiger charge is -2.32. The van der Waals surface area contributed by atoms with Crippen molar-refractivity contribution in [2.75, 3.05) is 0 Å². The summed E-state index contributed by atoms with van der Waals surface area (Å²) in [5.41, 5.74) is -1.86. The standard InChI is InChI=1S/C14H22BFN2O4/c1-12(2,3)20-11(19)18-10(16)9(8-17-18)15-21-13(4,5)14(6,7)22-15/h8H,1-7H3. The van der Waals surface area contributed by atoms with Crippen LogP contribution in [-0.2, 0) is 14.0 Å². The molecule has 0 atom stereocenters. The fourth-order valence-corrected chi connectivity index (χ4v) is 1.91. The Labute approximate surface area is 130 Å². The lowest BCUT2D eigenvalue weighted by molar-refractivity contribution is 0.00578. The summed E-state index contributed by atoms with van der Waals surface area (Å²) in [5, 5.41) is 3.75. The van der Waals surface area contributed by atoms with Crippen LogP contribution in [0.5, 0.6) is 0 Å². The summed E-state index contributed by atoms with van der Waals surface area (Å²) in [7, 11) is -0.916. The predicted molar refractivity (Wildman–Crippen MR) is 79.5 cm³/mol. The second kappa shape index (κ2) is 5.06. The van der Waals surface area contributed by atoms with Gasteiger partial charge in [-0.25, -0.2) is 4.79 Å². The first-order chi connectivity index (χ1) is 9.84. The van der Waals surface area contributed by atoms with Crippen molar-refractivity contribution in [3.63, 3.8) is 0 Å². The van der Waals surface area contributed by atoms with E-state index < -0.39 is 36.0 Å². The molecule has 8 heteroatoms. The molecule has 1 aliphatic rings. The van der Waals surface area contributed by atoms with Crippen LogP contribution in [0.1, 0.15) is 48.5 Å². The van der Waals surface area contributed by atoms with Crippen molar-refractivity contribution >= 4 is 18.7 Å². The minimum atomic E-state index is -0.916. The van der Waals surface area contributed by atoms with Crippen LogP contribution in [0, 0.1) is 5.95 Å². The van der Waals surface area contributed by atoms with Crippen molar-refractivity contribution in [3.05, 3.63) is 12.1 Å². The molecular weight excluding hydrogens is 290 g/mol. The van der Waals surface area contributed by atoms with Gasteiger partial charge in [-0.05, 0) is 48.5 Å². The first kappa shape index (κ1) is 17.0. The number of carbonyl (C=O) groups excluding carboxylic acids is 1. The normalized spacial score (nSPS) is 20.3. The van der Waals surface area contributed by atoms with Crippen LogP contribution in [0.2, 0.25) is 0 Å². The molecule has 6 nitrogen and oxygen atoms in total. The van der Waals surface area contributed by atoms with Crippen molar-refractivity contribution in [1.82, 2.24) is 9.78 Å². The van der Waals surface area contributed by atoms with Gasteiger partial charge in [0.15, 0.2) is 0 Å². The van der Waals surface area contributed by atoms with Gasteiger partial charge in [0.05, 0.1) is 22.9 Å². The molecule has 0 amide bonds. The van der Waals surface area contributed by atoms with Crippen LogP contribution in [0.4, 0.5) is 9.18 Å². The van der Waals surface area contributed by atoms with Crippen LogP contribution < -0.4 is 5.46 Å². The van der Waals surface area contributed by atoms with Crippen molar-refractivity contribution in [2.24, 2.45) is 0 Å². The molecule has 1 saturated heterocycles. The monoisotopic (exact) mass is 312 g/mol. The zero-order chi connectivity index (χ0) is 16.9. The van der Waals surface area contributed by atoms with Gasteiger partial charge in [0.2, 0.25) is 5.95 Å². The zero-order valence-corrected chi connectivity index (χ0v) is 14.1. The maximum absolute atomic E-state index is 14.5. The summed E-state index contributed by atoms with van der Waals surface area (Å²) in [6, 6.07) is 0. The molecule has 0 spiro atoms. The largest absolute Gasteiger partial charge is 0.501 e. The Morgan fingerprint density at radius 3 is 2.23 bits per heavy atom. The Kier molecular flexibility index (Phi) is 3.90. The summed E-state index contributed by atoms with van der Waals surface area (Å²) in [5.74, 6) is -0.840. The maximum Gasteiger partial charge on any atom is 0.501 e. The van der Waals surface area contributed by atoms with Gasteiger partial charge >= 0.3 is 13.2 Å². The van der Waals surface area contributed by atoms with E-state index >= 15 is 0 Å². The van der Waals surface area contributed by atoms with Crippen LogP contribution >= 0.6 is 0 Å². The summed E-state index contributed by atoms with van der Waals surface area (Å²) in [4.78, 5) is 11.9. The van der Waals surface area contributed by atoms with E-state index in [1.54, 1.807) is 20.8 Å². The molecule has 0 aromatic carbocycles. The average molecular weight is 312 g/mol. The zero-order valence-electron chi connectivity index (χ0n) is 14.1. The molecule has 1 aromatic heterocycles. The predicted octanol–water partition coefficient (Wildman–Crippen LogP) is 2.10. The Bertz CT molecular complexity index is 576. The third kappa shape index (κ3) is 3.03. The Morgan fingerprint density at radius 1 is 1.27 bits per heavy atom. The van der Waals surface area contributed by atoms with Crippen molar-refractivity contribution in [3.8, 4) is 0 Å². The summed E-state index contributed by atoms with van der Waals surface area (Å²) >= 11 is 0. The molecule has 0 bridgehead atoms. The quantitative estimate of drug-likeness (QED) is 0.743. The van der Waals surface area contributed by atoms with Gasteiger partial charge in [0.25, 0.3) is 0 Å². The highest BCUT2D eigenvalue weighted by Crippen LogP contribution is 2.36. The van der Waals surface area contributed by atoms with E-state index in [0.29, 0.717) is 4.68 Å². The number of rotatable bonds is 1. The Morgan fingerprint density at radius 2 is 1.77 bits per heavy atom. The van der Waals surface area contributed by atoms with Crippen molar-refractivity contribution in [2.45, 2.75) is 65.3 Å². The number of halogens is 1. The molecule has 0 aliphatic carbocycles. The highest BCUT2D eigenvalue weighted by atomic mass is 19.1. The van der Waals surface area contributed by atoms with Gasteiger partial charge in [-0.3, -0.25) is 0 Å². The lowest BCUT2D eigenvalue weighted by Crippen LogP contribution is -2.41. The van der Waals surface area contributed by atoms with E-state index in [4.69, 9.17) is 14.0 Å². The van der Waals surface area contributed by atoms with Gasteiger partial charge in [0, 0.05) is 0 Å². The van der Waals surface area contributed by atoms with Crippen molar-refractivity contribution < 1.29 is 23.2 Å². The molecule has 2 rings (SSSR count). The third-order valence-electron chi connectivity index (χ3n) is 3.81. The van der Waals surface area contributed by atoms with Crippen LogP contribution in [0.3, 0.4) is 0 Å². The minimum absolute atomic E-state index is 0.0736. The molecule has 1 fully saturated rings. The highest BCUT2D eigenvalue weighted by Gasteiger charge is 2.53. The van der Waals surface area contributed by atoms with Gasteiger partial charge in [-0.1, -0.05) is 0 Å². The molecule has 1 aliphatic heterocycles. The summed E-state index contributed by atoms with van der Waals surface area (Å²) in [6.45, 7) is 12.5. The second-order valence-corrected chi connectivity index (χ2v) is 7.37. The van der Waals surface area contributed by atoms with E-state index in [1.807, 2.05) is 27.7 Å². The lowest BCUT2D eigenvalue weighted by atomic mass is 9.81. The van der Waals surface area contributed by atoms with Crippen LogP contribution in [-0.4, -0.2) is 39.8 Å². The van der Waals surface area contributed by atoms with Gasteiger partial charge < -0.3 is 14.0 Å². The fraction of sp³-hybridized carbons (Fsp3) is 0.714. The van der Waals surface area contributed by atoms with Gasteiger partial charge in [-0.15, -0.1) is 4.68 Å². The topological polar surface area (TPSA) is 62.6 Å². The number of aromatic nitrogens is 2. The molecule has 0 saturated carbocycles. The summed E-state index contributed by atoms with van der Waals surface area (Å²) < 4.78 is 31.6. The number of nitrogens with zero attached hydrogens (tertiary/aromatic N) is 2. The number of hydrogen-bond donors (Lipinski definition) is 0. The summed E-state index contributed by atoms with van der Waals surface area (Å²) in [6.07, 6.45) is 0.342. The highest BCUT2D eigenvalue weighted by molar-refractivity contribution is 6.62. The first-order valence-corrected chi connectivity index (χ1v) is 7.16. The molecule has 0 N–H and O–H groups in total. The number of carbonyl (C=O) groups is 1. The Balaban J connectivity index is 2.25. The third-order valence-corrected chi connectivity index (χ3v) is 3.81. The van der Waals surface area contributed by atoms with Crippen LogP contribution in [0.25, 0.3) is 0 Å².